The van der Waals surface area contributed by atoms with E-state index in [1.807, 2.05) is 79.2 Å². The van der Waals surface area contributed by atoms with E-state index < -0.39 is 17.9 Å². The number of rotatable bonds is 12. The maximum Gasteiger partial charge on any atom is 0.326 e. The van der Waals surface area contributed by atoms with E-state index in [1.165, 1.54) is 5.56 Å². The first-order valence-corrected chi connectivity index (χ1v) is 15.2. The fourth-order valence-corrected chi connectivity index (χ4v) is 5.49. The van der Waals surface area contributed by atoms with Gasteiger partial charge in [0.05, 0.1) is 11.9 Å². The number of hydrogen-bond acceptors (Lipinski definition) is 5. The molecule has 2 N–H and O–H groups in total. The number of hydrogen-bond donors (Lipinski definition) is 2. The van der Waals surface area contributed by atoms with E-state index in [9.17, 15) is 14.7 Å². The molecule has 1 aromatic heterocycles. The van der Waals surface area contributed by atoms with Gasteiger partial charge in [0.1, 0.15) is 6.04 Å². The van der Waals surface area contributed by atoms with E-state index in [0.29, 0.717) is 30.8 Å². The number of carboxylic acids is 1. The molecule has 42 heavy (non-hydrogen) atoms. The molecule has 5 rings (SSSR count). The molecule has 0 bridgehead atoms. The van der Waals surface area contributed by atoms with Gasteiger partial charge in [-0.2, -0.15) is 11.8 Å². The summed E-state index contributed by atoms with van der Waals surface area (Å²) in [7, 11) is 0. The zero-order valence-corrected chi connectivity index (χ0v) is 24.3. The maximum absolute atomic E-state index is 13.6. The Kier molecular flexibility index (Phi) is 9.51. The molecule has 212 valence electrons. The van der Waals surface area contributed by atoms with Crippen molar-refractivity contribution in [2.24, 2.45) is 0 Å². The number of amides is 1. The number of nitrogens with zero attached hydrogens (tertiary/aromatic N) is 2. The van der Waals surface area contributed by atoms with Gasteiger partial charge in [-0.15, -0.1) is 0 Å². The lowest BCUT2D eigenvalue weighted by molar-refractivity contribution is -0.139. The van der Waals surface area contributed by atoms with Crippen LogP contribution in [0.5, 0.6) is 0 Å². The third kappa shape index (κ3) is 7.17. The molecular weight excluding hydrogens is 542 g/mol. The Labute approximate surface area is 250 Å². The third-order valence-electron chi connectivity index (χ3n) is 7.20. The second-order valence-corrected chi connectivity index (χ2v) is 11.1. The molecule has 0 spiro atoms. The number of thioether (sulfide) groups is 1. The van der Waals surface area contributed by atoms with Crippen LogP contribution in [0, 0.1) is 0 Å². The van der Waals surface area contributed by atoms with Gasteiger partial charge in [0.15, 0.2) is 0 Å². The lowest BCUT2D eigenvalue weighted by Crippen LogP contribution is -2.41. The van der Waals surface area contributed by atoms with Gasteiger partial charge >= 0.3 is 5.97 Å². The summed E-state index contributed by atoms with van der Waals surface area (Å²) in [6.45, 7) is 1.28. The van der Waals surface area contributed by atoms with Crippen LogP contribution >= 0.6 is 11.8 Å². The second-order valence-electron chi connectivity index (χ2n) is 10.1. The van der Waals surface area contributed by atoms with Gasteiger partial charge in [0.2, 0.25) is 0 Å². The molecule has 1 atom stereocenters. The first kappa shape index (κ1) is 28.9. The molecule has 0 saturated carbocycles. The summed E-state index contributed by atoms with van der Waals surface area (Å²) in [5, 5.41) is 14.7. The number of carboxylic acid groups (broad SMARTS) is 1. The Morgan fingerprint density at radius 2 is 1.62 bits per heavy atom. The van der Waals surface area contributed by atoms with Crippen molar-refractivity contribution in [3.8, 4) is 11.1 Å². The lowest BCUT2D eigenvalue weighted by Gasteiger charge is -2.25. The number of aliphatic carboxylic acids is 1. The highest BCUT2D eigenvalue weighted by atomic mass is 32.2. The van der Waals surface area contributed by atoms with Gasteiger partial charge in [-0.25, -0.2) is 4.79 Å². The fourth-order valence-electron chi connectivity index (χ4n) is 5.02. The molecule has 4 aromatic carbocycles. The van der Waals surface area contributed by atoms with E-state index in [4.69, 9.17) is 0 Å². The Morgan fingerprint density at radius 3 is 2.36 bits per heavy atom. The average molecular weight is 576 g/mol. The first-order chi connectivity index (χ1) is 20.5. The molecule has 0 saturated heterocycles. The highest BCUT2D eigenvalue weighted by Crippen LogP contribution is 2.30. The normalized spacial score (nSPS) is 11.6. The van der Waals surface area contributed by atoms with Crippen molar-refractivity contribution >= 4 is 40.1 Å². The number of nitrogens with one attached hydrogen (secondary N) is 1. The van der Waals surface area contributed by atoms with Crippen LogP contribution in [0.1, 0.15) is 27.9 Å². The highest BCUT2D eigenvalue weighted by Gasteiger charge is 2.23. The van der Waals surface area contributed by atoms with Crippen LogP contribution in [-0.2, 0) is 17.9 Å². The molecule has 0 aliphatic heterocycles. The number of fused-ring (bicyclic) bond motifs is 1. The molecule has 0 unspecified atom stereocenters. The predicted molar refractivity (Wildman–Crippen MR) is 172 cm³/mol. The standard InChI is InChI=1S/C35H33N3O3S/c1-42-19-17-33(35(40)41)37-34(39)31-16-13-26(20-32(31)29-15-14-27-10-5-6-11-28(27)21-29)24-38(30-12-7-18-36-22-30)23-25-8-3-2-4-9-25/h2-16,18,20-22,33H,17,19,23-24H2,1H3,(H,37,39)(H,40,41)/t33-/m0/s1. The minimum atomic E-state index is -1.03. The number of carbonyl (C=O) groups excluding carboxylic acids is 1. The zero-order chi connectivity index (χ0) is 29.3. The van der Waals surface area contributed by atoms with E-state index in [1.54, 1.807) is 18.0 Å². The molecule has 6 nitrogen and oxygen atoms in total. The van der Waals surface area contributed by atoms with Crippen LogP contribution in [0.15, 0.2) is 116 Å². The van der Waals surface area contributed by atoms with Crippen molar-refractivity contribution in [3.63, 3.8) is 0 Å². The van der Waals surface area contributed by atoms with E-state index >= 15 is 0 Å². The molecule has 0 aliphatic carbocycles. The number of anilines is 1. The molecule has 7 heteroatoms. The number of carbonyl (C=O) groups is 2. The number of aromatic nitrogens is 1. The van der Waals surface area contributed by atoms with Crippen molar-refractivity contribution in [2.45, 2.75) is 25.6 Å². The van der Waals surface area contributed by atoms with Crippen LogP contribution in [0.4, 0.5) is 5.69 Å². The predicted octanol–water partition coefficient (Wildman–Crippen LogP) is 7.04. The third-order valence-corrected chi connectivity index (χ3v) is 7.85. The summed E-state index contributed by atoms with van der Waals surface area (Å²) < 4.78 is 0. The van der Waals surface area contributed by atoms with Crippen LogP contribution in [0.2, 0.25) is 0 Å². The van der Waals surface area contributed by atoms with E-state index in [-0.39, 0.29) is 0 Å². The van der Waals surface area contributed by atoms with Crippen molar-refractivity contribution in [2.75, 3.05) is 16.9 Å². The minimum Gasteiger partial charge on any atom is -0.480 e. The SMILES string of the molecule is CSCC[C@H](NC(=O)c1ccc(CN(Cc2ccccc2)c2cccnc2)cc1-c1ccc2ccccc2c1)C(=O)O. The lowest BCUT2D eigenvalue weighted by atomic mass is 9.94. The number of benzene rings is 4. The van der Waals surface area contributed by atoms with Crippen LogP contribution in [0.3, 0.4) is 0 Å². The van der Waals surface area contributed by atoms with Gasteiger partial charge in [-0.05, 0) is 81.8 Å². The summed E-state index contributed by atoms with van der Waals surface area (Å²) in [6.07, 6.45) is 5.89. The van der Waals surface area contributed by atoms with E-state index in [0.717, 1.165) is 33.2 Å². The summed E-state index contributed by atoms with van der Waals surface area (Å²) >= 11 is 1.55. The molecular formula is C35H33N3O3S. The summed E-state index contributed by atoms with van der Waals surface area (Å²) in [4.78, 5) is 32.1. The molecule has 0 fully saturated rings. The number of pyridine rings is 1. The van der Waals surface area contributed by atoms with Crippen molar-refractivity contribution in [1.29, 1.82) is 0 Å². The summed E-state index contributed by atoms with van der Waals surface area (Å²) in [6, 6.07) is 33.4. The van der Waals surface area contributed by atoms with Gasteiger partial charge in [-0.3, -0.25) is 9.78 Å². The van der Waals surface area contributed by atoms with Gasteiger partial charge in [0, 0.05) is 24.8 Å². The topological polar surface area (TPSA) is 82.5 Å². The minimum absolute atomic E-state index is 0.352. The van der Waals surface area contributed by atoms with Gasteiger partial charge in [0.25, 0.3) is 5.91 Å². The largest absolute Gasteiger partial charge is 0.480 e. The monoisotopic (exact) mass is 575 g/mol. The van der Waals surface area contributed by atoms with Gasteiger partial charge in [-0.1, -0.05) is 72.8 Å². The van der Waals surface area contributed by atoms with Crippen LogP contribution in [0.25, 0.3) is 21.9 Å². The Hall–Kier alpha value is -4.62. The first-order valence-electron chi connectivity index (χ1n) is 13.9. The Balaban J connectivity index is 1.53. The average Bonchev–Trinajstić information content (AvgIpc) is 3.03. The summed E-state index contributed by atoms with van der Waals surface area (Å²) in [5.74, 6) is -0.792. The van der Waals surface area contributed by atoms with Crippen LogP contribution in [-0.4, -0.2) is 40.0 Å². The second kappa shape index (κ2) is 13.8. The molecule has 0 aliphatic rings. The van der Waals surface area contributed by atoms with Crippen molar-refractivity contribution < 1.29 is 14.7 Å². The van der Waals surface area contributed by atoms with Gasteiger partial charge < -0.3 is 15.3 Å². The molecule has 1 heterocycles. The smallest absolute Gasteiger partial charge is 0.326 e. The molecule has 0 radical (unpaired) electrons. The van der Waals surface area contributed by atoms with E-state index in [2.05, 4.69) is 51.6 Å². The maximum atomic E-state index is 13.6. The zero-order valence-electron chi connectivity index (χ0n) is 23.4. The fraction of sp³-hybridized carbons (Fsp3) is 0.171. The highest BCUT2D eigenvalue weighted by molar-refractivity contribution is 7.98. The molecule has 1 amide bonds. The van der Waals surface area contributed by atoms with Crippen LogP contribution < -0.4 is 10.2 Å². The summed E-state index contributed by atoms with van der Waals surface area (Å²) in [5.41, 5.74) is 5.29. The Bertz CT molecular complexity index is 1660. The van der Waals surface area contributed by atoms with Crippen molar-refractivity contribution in [3.05, 3.63) is 132 Å². The molecule has 5 aromatic rings. The Morgan fingerprint density at radius 1 is 0.857 bits per heavy atom. The van der Waals surface area contributed by atoms with Crippen molar-refractivity contribution in [1.82, 2.24) is 10.3 Å². The quantitative estimate of drug-likeness (QED) is 0.166.